The van der Waals surface area contributed by atoms with E-state index in [4.69, 9.17) is 5.73 Å². The van der Waals surface area contributed by atoms with Gasteiger partial charge >= 0.3 is 0 Å². The molecule has 0 atom stereocenters. The highest BCUT2D eigenvalue weighted by atomic mass is 16.1. The van der Waals surface area contributed by atoms with Gasteiger partial charge in [-0.15, -0.1) is 0 Å². The highest BCUT2D eigenvalue weighted by Gasteiger charge is 2.05. The van der Waals surface area contributed by atoms with E-state index in [0.29, 0.717) is 18.7 Å². The largest absolute Gasteiger partial charge is 0.348 e. The number of rotatable bonds is 3. The summed E-state index contributed by atoms with van der Waals surface area (Å²) in [6, 6.07) is 15.3. The molecule has 0 unspecified atom stereocenters. The third-order valence-corrected chi connectivity index (χ3v) is 3.00. The van der Waals surface area contributed by atoms with Crippen molar-refractivity contribution in [2.75, 3.05) is 6.54 Å². The van der Waals surface area contributed by atoms with E-state index in [1.807, 2.05) is 55.5 Å². The average Bonchev–Trinajstić information content (AvgIpc) is 2.51. The van der Waals surface area contributed by atoms with Gasteiger partial charge in [0.05, 0.1) is 6.54 Å². The Morgan fingerprint density at radius 1 is 1.19 bits per heavy atom. The SMILES string of the molecule is Cc1cccc(C(=O)NCc2cccc(C#CCN)c2)c1. The normalized spacial score (nSPS) is 9.62. The Morgan fingerprint density at radius 3 is 2.76 bits per heavy atom. The van der Waals surface area contributed by atoms with Crippen LogP contribution >= 0.6 is 0 Å². The summed E-state index contributed by atoms with van der Waals surface area (Å²) in [6.45, 7) is 2.79. The van der Waals surface area contributed by atoms with Crippen LogP contribution in [0.4, 0.5) is 0 Å². The average molecular weight is 278 g/mol. The minimum Gasteiger partial charge on any atom is -0.348 e. The zero-order valence-corrected chi connectivity index (χ0v) is 12.0. The van der Waals surface area contributed by atoms with E-state index in [9.17, 15) is 4.79 Å². The number of aryl methyl sites for hydroxylation is 1. The molecule has 21 heavy (non-hydrogen) atoms. The molecule has 0 saturated heterocycles. The molecule has 0 aliphatic rings. The Balaban J connectivity index is 2.01. The summed E-state index contributed by atoms with van der Waals surface area (Å²) in [4.78, 5) is 12.1. The molecule has 106 valence electrons. The van der Waals surface area contributed by atoms with Gasteiger partial charge in [0.1, 0.15) is 0 Å². The highest BCUT2D eigenvalue weighted by Crippen LogP contribution is 2.06. The zero-order valence-electron chi connectivity index (χ0n) is 12.0. The van der Waals surface area contributed by atoms with Gasteiger partial charge in [0.15, 0.2) is 0 Å². The van der Waals surface area contributed by atoms with Crippen LogP contribution in [0.5, 0.6) is 0 Å². The van der Waals surface area contributed by atoms with E-state index in [0.717, 1.165) is 16.7 Å². The second-order valence-electron chi connectivity index (χ2n) is 4.76. The number of amides is 1. The zero-order chi connectivity index (χ0) is 15.1. The lowest BCUT2D eigenvalue weighted by Gasteiger charge is -2.06. The molecule has 0 radical (unpaired) electrons. The molecule has 0 aromatic heterocycles. The van der Waals surface area contributed by atoms with Crippen LogP contribution in [0.3, 0.4) is 0 Å². The Hall–Kier alpha value is -2.57. The van der Waals surface area contributed by atoms with Gasteiger partial charge in [-0.2, -0.15) is 0 Å². The predicted octanol–water partition coefficient (Wildman–Crippen LogP) is 2.24. The summed E-state index contributed by atoms with van der Waals surface area (Å²) in [5, 5.41) is 2.91. The van der Waals surface area contributed by atoms with Crippen LogP contribution in [0.15, 0.2) is 48.5 Å². The first-order chi connectivity index (χ1) is 10.2. The van der Waals surface area contributed by atoms with Crippen LogP contribution in [0.25, 0.3) is 0 Å². The smallest absolute Gasteiger partial charge is 0.251 e. The molecule has 0 heterocycles. The second-order valence-corrected chi connectivity index (χ2v) is 4.76. The van der Waals surface area contributed by atoms with Crippen molar-refractivity contribution >= 4 is 5.91 Å². The Bertz CT molecular complexity index is 696. The van der Waals surface area contributed by atoms with Crippen molar-refractivity contribution in [1.82, 2.24) is 5.32 Å². The molecular weight excluding hydrogens is 260 g/mol. The van der Waals surface area contributed by atoms with Crippen LogP contribution in [-0.4, -0.2) is 12.5 Å². The molecule has 0 fully saturated rings. The van der Waals surface area contributed by atoms with Crippen LogP contribution in [-0.2, 0) is 6.54 Å². The van der Waals surface area contributed by atoms with Crippen LogP contribution in [0.1, 0.15) is 27.0 Å². The predicted molar refractivity (Wildman–Crippen MR) is 84.7 cm³/mol. The van der Waals surface area contributed by atoms with Crippen molar-refractivity contribution in [2.24, 2.45) is 5.73 Å². The fourth-order valence-corrected chi connectivity index (χ4v) is 1.98. The summed E-state index contributed by atoms with van der Waals surface area (Å²) in [5.74, 6) is 5.73. The van der Waals surface area contributed by atoms with Crippen molar-refractivity contribution in [2.45, 2.75) is 13.5 Å². The number of benzene rings is 2. The summed E-state index contributed by atoms with van der Waals surface area (Å²) < 4.78 is 0. The summed E-state index contributed by atoms with van der Waals surface area (Å²) in [5.41, 5.74) is 9.02. The molecule has 2 rings (SSSR count). The van der Waals surface area contributed by atoms with Crippen molar-refractivity contribution in [3.8, 4) is 11.8 Å². The minimum absolute atomic E-state index is 0.0721. The molecule has 3 heteroatoms. The highest BCUT2D eigenvalue weighted by molar-refractivity contribution is 5.94. The quantitative estimate of drug-likeness (QED) is 0.846. The van der Waals surface area contributed by atoms with Crippen molar-refractivity contribution < 1.29 is 4.79 Å². The van der Waals surface area contributed by atoms with Crippen molar-refractivity contribution in [3.63, 3.8) is 0 Å². The minimum atomic E-state index is -0.0721. The molecule has 3 N–H and O–H groups in total. The van der Waals surface area contributed by atoms with Crippen molar-refractivity contribution in [1.29, 1.82) is 0 Å². The van der Waals surface area contributed by atoms with Gasteiger partial charge < -0.3 is 11.1 Å². The van der Waals surface area contributed by atoms with Gasteiger partial charge in [0, 0.05) is 17.7 Å². The number of carbonyl (C=O) groups excluding carboxylic acids is 1. The molecule has 2 aromatic carbocycles. The van der Waals surface area contributed by atoms with E-state index in [-0.39, 0.29) is 5.91 Å². The fraction of sp³-hybridized carbons (Fsp3) is 0.167. The molecule has 3 nitrogen and oxygen atoms in total. The van der Waals surface area contributed by atoms with Gasteiger partial charge in [-0.3, -0.25) is 4.79 Å². The van der Waals surface area contributed by atoms with Gasteiger partial charge in [0.2, 0.25) is 0 Å². The third kappa shape index (κ3) is 4.48. The molecule has 0 saturated carbocycles. The Morgan fingerprint density at radius 2 is 2.00 bits per heavy atom. The number of hydrogen-bond donors (Lipinski definition) is 2. The first-order valence-electron chi connectivity index (χ1n) is 6.82. The van der Waals surface area contributed by atoms with E-state index in [1.165, 1.54) is 0 Å². The number of nitrogens with two attached hydrogens (primary N) is 1. The summed E-state index contributed by atoms with van der Waals surface area (Å²) >= 11 is 0. The summed E-state index contributed by atoms with van der Waals surface area (Å²) in [7, 11) is 0. The monoisotopic (exact) mass is 278 g/mol. The van der Waals surface area contributed by atoms with E-state index in [1.54, 1.807) is 0 Å². The van der Waals surface area contributed by atoms with Crippen LogP contribution in [0.2, 0.25) is 0 Å². The van der Waals surface area contributed by atoms with Crippen LogP contribution < -0.4 is 11.1 Å². The maximum Gasteiger partial charge on any atom is 0.251 e. The molecule has 2 aromatic rings. The van der Waals surface area contributed by atoms with E-state index in [2.05, 4.69) is 17.2 Å². The maximum atomic E-state index is 12.1. The fourth-order valence-electron chi connectivity index (χ4n) is 1.98. The molecule has 0 aliphatic heterocycles. The number of hydrogen-bond acceptors (Lipinski definition) is 2. The van der Waals surface area contributed by atoms with Crippen LogP contribution in [0, 0.1) is 18.8 Å². The lowest BCUT2D eigenvalue weighted by molar-refractivity contribution is 0.0951. The maximum absolute atomic E-state index is 12.1. The lowest BCUT2D eigenvalue weighted by Crippen LogP contribution is -2.22. The lowest BCUT2D eigenvalue weighted by atomic mass is 10.1. The standard InChI is InChI=1S/C18H18N2O/c1-14-5-2-9-17(11-14)18(21)20-13-16-7-3-6-15(12-16)8-4-10-19/h2-3,5-7,9,11-12H,10,13,19H2,1H3,(H,20,21). The van der Waals surface area contributed by atoms with Gasteiger partial charge in [0.25, 0.3) is 5.91 Å². The first-order valence-corrected chi connectivity index (χ1v) is 6.82. The first kappa shape index (κ1) is 14.8. The third-order valence-electron chi connectivity index (χ3n) is 3.00. The molecule has 0 aliphatic carbocycles. The van der Waals surface area contributed by atoms with Gasteiger partial charge in [-0.25, -0.2) is 0 Å². The molecule has 0 spiro atoms. The van der Waals surface area contributed by atoms with Gasteiger partial charge in [-0.05, 0) is 36.8 Å². The number of nitrogens with one attached hydrogen (secondary N) is 1. The molecule has 1 amide bonds. The summed E-state index contributed by atoms with van der Waals surface area (Å²) in [6.07, 6.45) is 0. The second kappa shape index (κ2) is 7.28. The Kier molecular flexibility index (Phi) is 5.14. The van der Waals surface area contributed by atoms with Crippen molar-refractivity contribution in [3.05, 3.63) is 70.8 Å². The Labute approximate surface area is 125 Å². The molecule has 0 bridgehead atoms. The molecular formula is C18H18N2O. The van der Waals surface area contributed by atoms with Gasteiger partial charge in [-0.1, -0.05) is 41.7 Å². The van der Waals surface area contributed by atoms with E-state index < -0.39 is 0 Å². The topological polar surface area (TPSA) is 55.1 Å². The number of carbonyl (C=O) groups is 1. The van der Waals surface area contributed by atoms with E-state index >= 15 is 0 Å².